The largest absolute Gasteiger partial charge is 0.324 e. The summed E-state index contributed by atoms with van der Waals surface area (Å²) in [4.78, 5) is 13.4. The number of amides is 1. The van der Waals surface area contributed by atoms with Crippen molar-refractivity contribution in [2.24, 2.45) is 11.1 Å². The third-order valence-corrected chi connectivity index (χ3v) is 4.09. The molecule has 1 amide bonds. The number of nitrogens with one attached hydrogen (secondary N) is 1. The van der Waals surface area contributed by atoms with Gasteiger partial charge in [-0.2, -0.15) is 0 Å². The minimum Gasteiger partial charge on any atom is -0.324 e. The van der Waals surface area contributed by atoms with E-state index >= 15 is 0 Å². The van der Waals surface area contributed by atoms with Crippen LogP contribution in [0.1, 0.15) is 20.8 Å². The van der Waals surface area contributed by atoms with Gasteiger partial charge in [0.15, 0.2) is 0 Å². The van der Waals surface area contributed by atoms with Crippen LogP contribution in [0.5, 0.6) is 0 Å². The molecule has 3 N–H and O–H groups in total. The Bertz CT molecular complexity index is 585. The first-order chi connectivity index (χ1) is 9.39. The van der Waals surface area contributed by atoms with Crippen LogP contribution in [0.25, 0.3) is 10.4 Å². The van der Waals surface area contributed by atoms with Crippen molar-refractivity contribution < 1.29 is 4.79 Å². The van der Waals surface area contributed by atoms with Gasteiger partial charge in [0.1, 0.15) is 0 Å². The zero-order valence-corrected chi connectivity index (χ0v) is 12.8. The molecule has 0 aliphatic rings. The quantitative estimate of drug-likeness (QED) is 0.904. The molecule has 0 fully saturated rings. The van der Waals surface area contributed by atoms with Crippen LogP contribution in [-0.2, 0) is 4.79 Å². The minimum atomic E-state index is -0.543. The Morgan fingerprint density at radius 2 is 1.90 bits per heavy atom. The van der Waals surface area contributed by atoms with Crippen LogP contribution >= 0.6 is 11.3 Å². The average molecular weight is 288 g/mol. The first-order valence-corrected chi connectivity index (χ1v) is 7.47. The molecule has 0 bridgehead atoms. The molecule has 0 radical (unpaired) electrons. The minimum absolute atomic E-state index is 0.151. The monoisotopic (exact) mass is 288 g/mol. The fourth-order valence-corrected chi connectivity index (χ4v) is 2.61. The molecule has 2 rings (SSSR count). The lowest BCUT2D eigenvalue weighted by Crippen LogP contribution is -2.45. The molecule has 0 aliphatic carbocycles. The third-order valence-electron chi connectivity index (χ3n) is 3.19. The van der Waals surface area contributed by atoms with Crippen molar-refractivity contribution in [3.8, 4) is 10.4 Å². The van der Waals surface area contributed by atoms with Gasteiger partial charge < -0.3 is 11.1 Å². The van der Waals surface area contributed by atoms with Crippen molar-refractivity contribution in [2.45, 2.75) is 26.8 Å². The number of rotatable bonds is 3. The summed E-state index contributed by atoms with van der Waals surface area (Å²) in [6.45, 7) is 5.88. The topological polar surface area (TPSA) is 55.1 Å². The van der Waals surface area contributed by atoms with Gasteiger partial charge in [0.25, 0.3) is 0 Å². The predicted octanol–water partition coefficient (Wildman–Crippen LogP) is 3.73. The van der Waals surface area contributed by atoms with E-state index in [2.05, 4.69) is 5.32 Å². The molecule has 0 saturated heterocycles. The molecule has 0 saturated carbocycles. The Kier molecular flexibility index (Phi) is 4.26. The van der Waals surface area contributed by atoms with Crippen LogP contribution in [0.2, 0.25) is 0 Å². The molecular weight excluding hydrogens is 268 g/mol. The third kappa shape index (κ3) is 3.26. The normalized spacial score (nSPS) is 13.0. The summed E-state index contributed by atoms with van der Waals surface area (Å²) in [5, 5.41) is 4.97. The standard InChI is InChI=1S/C16H20N2OS/c1-16(2,3)14(17)15(19)18-12-8-5-4-7-11(12)13-9-6-10-20-13/h4-10,14H,17H2,1-3H3,(H,18,19)/t14-/m0/s1. The van der Waals surface area contributed by atoms with Gasteiger partial charge in [0, 0.05) is 16.1 Å². The molecule has 20 heavy (non-hydrogen) atoms. The Morgan fingerprint density at radius 3 is 2.50 bits per heavy atom. The van der Waals surface area contributed by atoms with Gasteiger partial charge in [-0.3, -0.25) is 4.79 Å². The maximum absolute atomic E-state index is 12.2. The maximum Gasteiger partial charge on any atom is 0.241 e. The molecule has 0 unspecified atom stereocenters. The Hall–Kier alpha value is -1.65. The number of carbonyl (C=O) groups excluding carboxylic acids is 1. The van der Waals surface area contributed by atoms with Gasteiger partial charge in [0.05, 0.1) is 6.04 Å². The summed E-state index contributed by atoms with van der Waals surface area (Å²) >= 11 is 1.65. The second-order valence-corrected chi connectivity index (χ2v) is 6.80. The molecule has 1 atom stereocenters. The average Bonchev–Trinajstić information content (AvgIpc) is 2.91. The highest BCUT2D eigenvalue weighted by molar-refractivity contribution is 7.13. The van der Waals surface area contributed by atoms with Gasteiger partial charge in [-0.15, -0.1) is 11.3 Å². The Balaban J connectivity index is 2.25. The highest BCUT2D eigenvalue weighted by Gasteiger charge is 2.27. The van der Waals surface area contributed by atoms with E-state index in [9.17, 15) is 4.79 Å². The maximum atomic E-state index is 12.2. The molecule has 3 nitrogen and oxygen atoms in total. The fraction of sp³-hybridized carbons (Fsp3) is 0.312. The predicted molar refractivity (Wildman–Crippen MR) is 85.8 cm³/mol. The summed E-state index contributed by atoms with van der Waals surface area (Å²) in [5.74, 6) is -0.151. The number of para-hydroxylation sites is 1. The molecular formula is C16H20N2OS. The lowest BCUT2D eigenvalue weighted by molar-refractivity contribution is -0.119. The van der Waals surface area contributed by atoms with Crippen molar-refractivity contribution in [3.63, 3.8) is 0 Å². The van der Waals surface area contributed by atoms with Crippen LogP contribution in [0.3, 0.4) is 0 Å². The Morgan fingerprint density at radius 1 is 1.20 bits per heavy atom. The van der Waals surface area contributed by atoms with Crippen LogP contribution in [0, 0.1) is 5.41 Å². The van der Waals surface area contributed by atoms with Crippen molar-refractivity contribution in [3.05, 3.63) is 41.8 Å². The number of thiophene rings is 1. The smallest absolute Gasteiger partial charge is 0.241 e. The number of hydrogen-bond acceptors (Lipinski definition) is 3. The van der Waals surface area contributed by atoms with Crippen molar-refractivity contribution in [2.75, 3.05) is 5.32 Å². The highest BCUT2D eigenvalue weighted by Crippen LogP contribution is 2.31. The van der Waals surface area contributed by atoms with Gasteiger partial charge >= 0.3 is 0 Å². The number of anilines is 1. The second kappa shape index (κ2) is 5.77. The molecule has 1 heterocycles. The van der Waals surface area contributed by atoms with Crippen molar-refractivity contribution in [1.82, 2.24) is 0 Å². The van der Waals surface area contributed by atoms with Gasteiger partial charge in [-0.25, -0.2) is 0 Å². The summed E-state index contributed by atoms with van der Waals surface area (Å²) in [6.07, 6.45) is 0. The first kappa shape index (κ1) is 14.8. The van der Waals surface area contributed by atoms with E-state index in [1.807, 2.05) is 62.5 Å². The van der Waals surface area contributed by atoms with E-state index < -0.39 is 6.04 Å². The molecule has 0 spiro atoms. The van der Waals surface area contributed by atoms with Crippen LogP contribution in [0.4, 0.5) is 5.69 Å². The molecule has 1 aromatic heterocycles. The Labute approximate surface area is 123 Å². The number of carbonyl (C=O) groups is 1. The lowest BCUT2D eigenvalue weighted by Gasteiger charge is -2.26. The summed E-state index contributed by atoms with van der Waals surface area (Å²) in [7, 11) is 0. The first-order valence-electron chi connectivity index (χ1n) is 6.59. The van der Waals surface area contributed by atoms with E-state index in [1.54, 1.807) is 11.3 Å². The summed E-state index contributed by atoms with van der Waals surface area (Å²) in [5.41, 5.74) is 7.57. The van der Waals surface area contributed by atoms with Crippen LogP contribution in [-0.4, -0.2) is 11.9 Å². The highest BCUT2D eigenvalue weighted by atomic mass is 32.1. The van der Waals surface area contributed by atoms with Crippen LogP contribution in [0.15, 0.2) is 41.8 Å². The van der Waals surface area contributed by atoms with E-state index in [0.29, 0.717) is 0 Å². The number of benzene rings is 1. The second-order valence-electron chi connectivity index (χ2n) is 5.86. The van der Waals surface area contributed by atoms with Crippen molar-refractivity contribution >= 4 is 22.9 Å². The molecule has 4 heteroatoms. The zero-order chi connectivity index (χ0) is 14.8. The summed E-state index contributed by atoms with van der Waals surface area (Å²) < 4.78 is 0. The zero-order valence-electron chi connectivity index (χ0n) is 12.0. The van der Waals surface area contributed by atoms with E-state index in [4.69, 9.17) is 5.73 Å². The SMILES string of the molecule is CC(C)(C)[C@@H](N)C(=O)Nc1ccccc1-c1cccs1. The van der Waals surface area contributed by atoms with Gasteiger partial charge in [-0.05, 0) is 22.9 Å². The number of nitrogens with two attached hydrogens (primary N) is 1. The van der Waals surface area contributed by atoms with Gasteiger partial charge in [-0.1, -0.05) is 45.0 Å². The van der Waals surface area contributed by atoms with E-state index in [0.717, 1.165) is 16.1 Å². The van der Waals surface area contributed by atoms with E-state index in [1.165, 1.54) is 0 Å². The molecule has 1 aromatic carbocycles. The molecule has 106 valence electrons. The van der Waals surface area contributed by atoms with Crippen LogP contribution < -0.4 is 11.1 Å². The molecule has 0 aliphatic heterocycles. The fourth-order valence-electron chi connectivity index (χ4n) is 1.84. The number of hydrogen-bond donors (Lipinski definition) is 2. The lowest BCUT2D eigenvalue weighted by atomic mass is 9.87. The summed E-state index contributed by atoms with van der Waals surface area (Å²) in [6, 6.07) is 11.3. The van der Waals surface area contributed by atoms with E-state index in [-0.39, 0.29) is 11.3 Å². The molecule has 2 aromatic rings. The van der Waals surface area contributed by atoms with Crippen molar-refractivity contribution in [1.29, 1.82) is 0 Å². The van der Waals surface area contributed by atoms with Gasteiger partial charge in [0.2, 0.25) is 5.91 Å².